The quantitative estimate of drug-likeness (QED) is 0.821. The Hall–Kier alpha value is -1.94. The molecule has 0 bridgehead atoms. The minimum absolute atomic E-state index is 0.0265. The molecule has 0 saturated carbocycles. The lowest BCUT2D eigenvalue weighted by molar-refractivity contribution is -0.115. The van der Waals surface area contributed by atoms with E-state index in [1.807, 2.05) is 54.6 Å². The molecule has 0 radical (unpaired) electrons. The lowest BCUT2D eigenvalue weighted by Crippen LogP contribution is -2.11. The molecule has 2 aromatic carbocycles. The first-order valence-electron chi connectivity index (χ1n) is 6.39. The van der Waals surface area contributed by atoms with Crippen LogP contribution in [0.5, 0.6) is 5.75 Å². The zero-order valence-corrected chi connectivity index (χ0v) is 12.2. The van der Waals surface area contributed by atoms with E-state index >= 15 is 0 Å². The second kappa shape index (κ2) is 7.60. The number of thioether (sulfide) groups is 1. The molecule has 0 heterocycles. The van der Waals surface area contributed by atoms with Crippen molar-refractivity contribution in [3.63, 3.8) is 0 Å². The molecule has 0 fully saturated rings. The minimum Gasteiger partial charge on any atom is -0.497 e. The summed E-state index contributed by atoms with van der Waals surface area (Å²) in [6.07, 6.45) is 0.492. The molecule has 0 aliphatic rings. The van der Waals surface area contributed by atoms with Crippen LogP contribution in [0.4, 0.5) is 5.69 Å². The zero-order chi connectivity index (χ0) is 14.2. The van der Waals surface area contributed by atoms with Crippen molar-refractivity contribution in [1.82, 2.24) is 0 Å². The van der Waals surface area contributed by atoms with Crippen molar-refractivity contribution in [3.05, 3.63) is 54.6 Å². The molecule has 0 saturated heterocycles. The van der Waals surface area contributed by atoms with Crippen molar-refractivity contribution >= 4 is 23.4 Å². The van der Waals surface area contributed by atoms with Gasteiger partial charge in [0.15, 0.2) is 0 Å². The average Bonchev–Trinajstić information content (AvgIpc) is 2.49. The molecule has 0 aromatic heterocycles. The third kappa shape index (κ3) is 4.63. The van der Waals surface area contributed by atoms with Crippen LogP contribution < -0.4 is 10.1 Å². The van der Waals surface area contributed by atoms with Crippen LogP contribution in [-0.4, -0.2) is 18.8 Å². The predicted octanol–water partition coefficient (Wildman–Crippen LogP) is 3.82. The number of hydrogen-bond acceptors (Lipinski definition) is 3. The maximum absolute atomic E-state index is 11.8. The fraction of sp³-hybridized carbons (Fsp3) is 0.188. The van der Waals surface area contributed by atoms with Crippen molar-refractivity contribution in [2.75, 3.05) is 18.2 Å². The summed E-state index contributed by atoms with van der Waals surface area (Å²) in [6, 6.07) is 17.4. The number of carbonyl (C=O) groups excluding carboxylic acids is 1. The topological polar surface area (TPSA) is 38.3 Å². The largest absolute Gasteiger partial charge is 0.497 e. The summed E-state index contributed by atoms with van der Waals surface area (Å²) < 4.78 is 5.07. The van der Waals surface area contributed by atoms with Gasteiger partial charge in [0.1, 0.15) is 5.75 Å². The Morgan fingerprint density at radius 1 is 1.10 bits per heavy atom. The smallest absolute Gasteiger partial charge is 0.225 e. The normalized spacial score (nSPS) is 10.1. The Balaban J connectivity index is 1.74. The van der Waals surface area contributed by atoms with Gasteiger partial charge in [-0.25, -0.2) is 0 Å². The van der Waals surface area contributed by atoms with Crippen molar-refractivity contribution in [1.29, 1.82) is 0 Å². The van der Waals surface area contributed by atoms with E-state index in [-0.39, 0.29) is 5.91 Å². The minimum atomic E-state index is 0.0265. The number of ether oxygens (including phenoxy) is 1. The van der Waals surface area contributed by atoms with Gasteiger partial charge >= 0.3 is 0 Å². The van der Waals surface area contributed by atoms with Crippen molar-refractivity contribution in [2.45, 2.75) is 11.3 Å². The van der Waals surface area contributed by atoms with Crippen LogP contribution in [0.2, 0.25) is 0 Å². The molecular formula is C16H17NO2S. The van der Waals surface area contributed by atoms with Crippen LogP contribution in [0, 0.1) is 0 Å². The highest BCUT2D eigenvalue weighted by Crippen LogP contribution is 2.19. The summed E-state index contributed by atoms with van der Waals surface area (Å²) in [7, 11) is 1.62. The number of benzene rings is 2. The SMILES string of the molecule is COc1ccc(NC(=O)CCSc2ccccc2)cc1. The maximum atomic E-state index is 11.8. The van der Waals surface area contributed by atoms with Crippen molar-refractivity contribution in [2.24, 2.45) is 0 Å². The summed E-state index contributed by atoms with van der Waals surface area (Å²) in [5, 5.41) is 2.87. The van der Waals surface area contributed by atoms with Crippen LogP contribution >= 0.6 is 11.8 Å². The van der Waals surface area contributed by atoms with Crippen molar-refractivity contribution in [3.8, 4) is 5.75 Å². The van der Waals surface area contributed by atoms with Gasteiger partial charge in [0.25, 0.3) is 0 Å². The molecular weight excluding hydrogens is 270 g/mol. The van der Waals surface area contributed by atoms with E-state index in [1.165, 1.54) is 4.90 Å². The fourth-order valence-corrected chi connectivity index (χ4v) is 2.55. The highest BCUT2D eigenvalue weighted by Gasteiger charge is 2.03. The van der Waals surface area contributed by atoms with E-state index < -0.39 is 0 Å². The van der Waals surface area contributed by atoms with E-state index in [0.29, 0.717) is 6.42 Å². The third-order valence-corrected chi connectivity index (χ3v) is 3.73. The first kappa shape index (κ1) is 14.5. The molecule has 0 atom stereocenters. The maximum Gasteiger partial charge on any atom is 0.225 e. The van der Waals surface area contributed by atoms with E-state index in [9.17, 15) is 4.79 Å². The van der Waals surface area contributed by atoms with Gasteiger partial charge < -0.3 is 10.1 Å². The van der Waals surface area contributed by atoms with Gasteiger partial charge in [0.2, 0.25) is 5.91 Å². The highest BCUT2D eigenvalue weighted by molar-refractivity contribution is 7.99. The summed E-state index contributed by atoms with van der Waals surface area (Å²) in [5.74, 6) is 1.58. The number of anilines is 1. The molecule has 4 heteroatoms. The Morgan fingerprint density at radius 3 is 2.45 bits per heavy atom. The molecule has 3 nitrogen and oxygen atoms in total. The van der Waals surface area contributed by atoms with Gasteiger partial charge in [-0.2, -0.15) is 0 Å². The molecule has 0 aliphatic carbocycles. The molecule has 104 valence electrons. The lowest BCUT2D eigenvalue weighted by Gasteiger charge is -2.06. The third-order valence-electron chi connectivity index (χ3n) is 2.71. The molecule has 20 heavy (non-hydrogen) atoms. The second-order valence-corrected chi connectivity index (χ2v) is 5.36. The van der Waals surface area contributed by atoms with Gasteiger partial charge in [-0.05, 0) is 36.4 Å². The van der Waals surface area contributed by atoms with Gasteiger partial charge in [0, 0.05) is 22.8 Å². The predicted molar refractivity (Wildman–Crippen MR) is 83.4 cm³/mol. The zero-order valence-electron chi connectivity index (χ0n) is 11.3. The van der Waals surface area contributed by atoms with Crippen molar-refractivity contribution < 1.29 is 9.53 Å². The van der Waals surface area contributed by atoms with Gasteiger partial charge in [0.05, 0.1) is 7.11 Å². The first-order chi connectivity index (χ1) is 9.78. The monoisotopic (exact) mass is 287 g/mol. The van der Waals surface area contributed by atoms with Crippen LogP contribution in [0.25, 0.3) is 0 Å². The van der Waals surface area contributed by atoms with Crippen LogP contribution in [-0.2, 0) is 4.79 Å². The second-order valence-electron chi connectivity index (χ2n) is 4.19. The van der Waals surface area contributed by atoms with Crippen LogP contribution in [0.15, 0.2) is 59.5 Å². The summed E-state index contributed by atoms with van der Waals surface area (Å²) >= 11 is 1.68. The van der Waals surface area contributed by atoms with Crippen LogP contribution in [0.3, 0.4) is 0 Å². The number of hydrogen-bond donors (Lipinski definition) is 1. The summed E-state index contributed by atoms with van der Waals surface area (Å²) in [5.41, 5.74) is 0.792. The summed E-state index contributed by atoms with van der Waals surface area (Å²) in [6.45, 7) is 0. The average molecular weight is 287 g/mol. The standard InChI is InChI=1S/C16H17NO2S/c1-19-14-9-7-13(8-10-14)17-16(18)11-12-20-15-5-3-2-4-6-15/h2-10H,11-12H2,1H3,(H,17,18). The number of amides is 1. The Kier molecular flexibility index (Phi) is 5.50. The highest BCUT2D eigenvalue weighted by atomic mass is 32.2. The van der Waals surface area contributed by atoms with E-state index in [4.69, 9.17) is 4.74 Å². The molecule has 1 amide bonds. The van der Waals surface area contributed by atoms with Gasteiger partial charge in [-0.1, -0.05) is 18.2 Å². The number of rotatable bonds is 6. The Morgan fingerprint density at radius 2 is 1.80 bits per heavy atom. The van der Waals surface area contributed by atoms with Gasteiger partial charge in [-0.15, -0.1) is 11.8 Å². The van der Waals surface area contributed by atoms with Crippen LogP contribution in [0.1, 0.15) is 6.42 Å². The number of nitrogens with one attached hydrogen (secondary N) is 1. The molecule has 2 rings (SSSR count). The molecule has 1 N–H and O–H groups in total. The van der Waals surface area contributed by atoms with Gasteiger partial charge in [-0.3, -0.25) is 4.79 Å². The summed E-state index contributed by atoms with van der Waals surface area (Å²) in [4.78, 5) is 13.0. The fourth-order valence-electron chi connectivity index (χ4n) is 1.68. The van der Waals surface area contributed by atoms with E-state index in [1.54, 1.807) is 18.9 Å². The lowest BCUT2D eigenvalue weighted by atomic mass is 10.3. The molecule has 0 aliphatic heterocycles. The van der Waals surface area contributed by atoms with E-state index in [2.05, 4.69) is 5.32 Å². The molecule has 2 aromatic rings. The Bertz CT molecular complexity index is 540. The number of carbonyl (C=O) groups is 1. The number of methoxy groups -OCH3 is 1. The molecule has 0 spiro atoms. The Labute approximate surface area is 123 Å². The van der Waals surface area contributed by atoms with E-state index in [0.717, 1.165) is 17.2 Å². The first-order valence-corrected chi connectivity index (χ1v) is 7.38. The molecule has 0 unspecified atom stereocenters.